The van der Waals surface area contributed by atoms with E-state index in [2.05, 4.69) is 18.7 Å². The first-order valence-electron chi connectivity index (χ1n) is 8.04. The van der Waals surface area contributed by atoms with E-state index >= 15 is 0 Å². The van der Waals surface area contributed by atoms with Gasteiger partial charge in [-0.25, -0.2) is 0 Å². The monoisotopic (exact) mass is 253 g/mol. The van der Waals surface area contributed by atoms with Gasteiger partial charge in [-0.2, -0.15) is 0 Å². The summed E-state index contributed by atoms with van der Waals surface area (Å²) >= 11 is 0. The van der Waals surface area contributed by atoms with E-state index in [0.717, 1.165) is 25.0 Å². The zero-order valence-electron chi connectivity index (χ0n) is 12.3. The fourth-order valence-corrected chi connectivity index (χ4v) is 3.94. The lowest BCUT2D eigenvalue weighted by atomic mass is 9.71. The molecule has 0 atom stereocenters. The molecule has 1 N–H and O–H groups in total. The van der Waals surface area contributed by atoms with Crippen molar-refractivity contribution in [1.29, 1.82) is 0 Å². The normalized spacial score (nSPS) is 34.3. The fraction of sp³-hybridized carbons (Fsp3) is 1.00. The SMILES string of the molecule is CCN(CC1(CO)CCC(C)CC1)C1CCCC1. The van der Waals surface area contributed by atoms with E-state index in [-0.39, 0.29) is 5.41 Å². The molecule has 0 aromatic carbocycles. The van der Waals surface area contributed by atoms with Crippen LogP contribution in [0.15, 0.2) is 0 Å². The molecule has 2 rings (SSSR count). The van der Waals surface area contributed by atoms with E-state index in [0.29, 0.717) is 6.61 Å². The Bertz CT molecular complexity index is 239. The van der Waals surface area contributed by atoms with E-state index < -0.39 is 0 Å². The van der Waals surface area contributed by atoms with Gasteiger partial charge in [0.15, 0.2) is 0 Å². The van der Waals surface area contributed by atoms with Crippen LogP contribution >= 0.6 is 0 Å². The van der Waals surface area contributed by atoms with Crippen LogP contribution in [0.1, 0.15) is 65.2 Å². The lowest BCUT2D eigenvalue weighted by Gasteiger charge is -2.43. The van der Waals surface area contributed by atoms with Crippen molar-refractivity contribution in [3.05, 3.63) is 0 Å². The van der Waals surface area contributed by atoms with Gasteiger partial charge in [0.05, 0.1) is 0 Å². The largest absolute Gasteiger partial charge is 0.396 e. The van der Waals surface area contributed by atoms with Gasteiger partial charge in [0.25, 0.3) is 0 Å². The summed E-state index contributed by atoms with van der Waals surface area (Å²) in [5, 5.41) is 9.89. The average molecular weight is 253 g/mol. The summed E-state index contributed by atoms with van der Waals surface area (Å²) in [5.74, 6) is 0.867. The van der Waals surface area contributed by atoms with Crippen LogP contribution in [-0.2, 0) is 0 Å². The molecule has 0 spiro atoms. The molecule has 106 valence electrons. The molecule has 0 unspecified atom stereocenters. The molecule has 0 heterocycles. The highest BCUT2D eigenvalue weighted by Gasteiger charge is 2.36. The lowest BCUT2D eigenvalue weighted by molar-refractivity contribution is 0.0180. The van der Waals surface area contributed by atoms with Crippen molar-refractivity contribution in [3.8, 4) is 0 Å². The van der Waals surface area contributed by atoms with Gasteiger partial charge < -0.3 is 10.0 Å². The molecule has 2 heteroatoms. The van der Waals surface area contributed by atoms with Gasteiger partial charge in [0, 0.05) is 24.6 Å². The van der Waals surface area contributed by atoms with Crippen molar-refractivity contribution >= 4 is 0 Å². The van der Waals surface area contributed by atoms with E-state index in [4.69, 9.17) is 0 Å². The number of hydrogen-bond donors (Lipinski definition) is 1. The van der Waals surface area contributed by atoms with Gasteiger partial charge in [-0.15, -0.1) is 0 Å². The minimum Gasteiger partial charge on any atom is -0.396 e. The molecule has 0 bridgehead atoms. The second-order valence-corrected chi connectivity index (χ2v) is 6.84. The molecule has 0 amide bonds. The highest BCUT2D eigenvalue weighted by Crippen LogP contribution is 2.40. The first-order valence-corrected chi connectivity index (χ1v) is 8.04. The van der Waals surface area contributed by atoms with Crippen LogP contribution in [0.2, 0.25) is 0 Å². The Hall–Kier alpha value is -0.0800. The quantitative estimate of drug-likeness (QED) is 0.811. The van der Waals surface area contributed by atoms with Crippen molar-refractivity contribution in [2.24, 2.45) is 11.3 Å². The number of hydrogen-bond acceptors (Lipinski definition) is 2. The smallest absolute Gasteiger partial charge is 0.0499 e. The van der Waals surface area contributed by atoms with Gasteiger partial charge in [0.2, 0.25) is 0 Å². The summed E-state index contributed by atoms with van der Waals surface area (Å²) in [5.41, 5.74) is 0.213. The Morgan fingerprint density at radius 1 is 1.11 bits per heavy atom. The minimum atomic E-state index is 0.213. The first kappa shape index (κ1) is 14.3. The molecule has 2 fully saturated rings. The fourth-order valence-electron chi connectivity index (χ4n) is 3.94. The molecule has 0 aromatic rings. The van der Waals surface area contributed by atoms with E-state index in [1.165, 1.54) is 51.4 Å². The van der Waals surface area contributed by atoms with Crippen LogP contribution in [-0.4, -0.2) is 35.7 Å². The Labute approximate surface area is 113 Å². The summed E-state index contributed by atoms with van der Waals surface area (Å²) in [6.45, 7) is 7.33. The van der Waals surface area contributed by atoms with E-state index in [9.17, 15) is 5.11 Å². The Balaban J connectivity index is 1.94. The summed E-state index contributed by atoms with van der Waals surface area (Å²) in [6.07, 6.45) is 10.7. The molecule has 2 aliphatic rings. The third-order valence-corrected chi connectivity index (χ3v) is 5.46. The number of aliphatic hydroxyl groups is 1. The predicted octanol–water partition coefficient (Wildman–Crippen LogP) is 3.44. The van der Waals surface area contributed by atoms with Crippen molar-refractivity contribution < 1.29 is 5.11 Å². The van der Waals surface area contributed by atoms with E-state index in [1.807, 2.05) is 0 Å². The van der Waals surface area contributed by atoms with Crippen molar-refractivity contribution in [1.82, 2.24) is 4.90 Å². The maximum absolute atomic E-state index is 9.89. The molecule has 2 nitrogen and oxygen atoms in total. The van der Waals surface area contributed by atoms with Crippen LogP contribution in [0.5, 0.6) is 0 Å². The molecule has 0 aromatic heterocycles. The zero-order valence-corrected chi connectivity index (χ0v) is 12.3. The molecule has 0 radical (unpaired) electrons. The minimum absolute atomic E-state index is 0.213. The Kier molecular flexibility index (Phi) is 5.08. The molecular weight excluding hydrogens is 222 g/mol. The third kappa shape index (κ3) is 3.27. The van der Waals surface area contributed by atoms with Crippen LogP contribution in [0.4, 0.5) is 0 Å². The summed E-state index contributed by atoms with van der Waals surface area (Å²) in [6, 6.07) is 0.803. The van der Waals surface area contributed by atoms with Crippen molar-refractivity contribution in [3.63, 3.8) is 0 Å². The highest BCUT2D eigenvalue weighted by atomic mass is 16.3. The number of nitrogens with zero attached hydrogens (tertiary/aromatic N) is 1. The van der Waals surface area contributed by atoms with Gasteiger partial charge >= 0.3 is 0 Å². The zero-order chi connectivity index (χ0) is 13.0. The van der Waals surface area contributed by atoms with Gasteiger partial charge in [-0.3, -0.25) is 0 Å². The van der Waals surface area contributed by atoms with Gasteiger partial charge in [-0.1, -0.05) is 39.5 Å². The van der Waals surface area contributed by atoms with Crippen LogP contribution in [0, 0.1) is 11.3 Å². The second kappa shape index (κ2) is 6.38. The average Bonchev–Trinajstić information content (AvgIpc) is 2.92. The maximum Gasteiger partial charge on any atom is 0.0499 e. The van der Waals surface area contributed by atoms with Crippen LogP contribution in [0.3, 0.4) is 0 Å². The standard InChI is InChI=1S/C16H31NO/c1-3-17(15-6-4-5-7-15)12-16(13-18)10-8-14(2)9-11-16/h14-15,18H,3-13H2,1-2H3. The number of aliphatic hydroxyl groups excluding tert-OH is 1. The Morgan fingerprint density at radius 2 is 1.72 bits per heavy atom. The molecular formula is C16H31NO. The molecule has 18 heavy (non-hydrogen) atoms. The highest BCUT2D eigenvalue weighted by molar-refractivity contribution is 4.89. The predicted molar refractivity (Wildman–Crippen MR) is 76.7 cm³/mol. The van der Waals surface area contributed by atoms with Crippen LogP contribution in [0.25, 0.3) is 0 Å². The van der Waals surface area contributed by atoms with Crippen molar-refractivity contribution in [2.45, 2.75) is 71.3 Å². The van der Waals surface area contributed by atoms with Crippen molar-refractivity contribution in [2.75, 3.05) is 19.7 Å². The topological polar surface area (TPSA) is 23.5 Å². The molecule has 2 saturated carbocycles. The number of rotatable bonds is 5. The van der Waals surface area contributed by atoms with E-state index in [1.54, 1.807) is 0 Å². The second-order valence-electron chi connectivity index (χ2n) is 6.84. The lowest BCUT2D eigenvalue weighted by Crippen LogP contribution is -2.45. The van der Waals surface area contributed by atoms with Gasteiger partial charge in [0.1, 0.15) is 0 Å². The Morgan fingerprint density at radius 3 is 2.22 bits per heavy atom. The maximum atomic E-state index is 9.89. The molecule has 2 aliphatic carbocycles. The summed E-state index contributed by atoms with van der Waals surface area (Å²) in [4.78, 5) is 2.67. The van der Waals surface area contributed by atoms with Crippen LogP contribution < -0.4 is 0 Å². The molecule has 0 aliphatic heterocycles. The summed E-state index contributed by atoms with van der Waals surface area (Å²) in [7, 11) is 0. The summed E-state index contributed by atoms with van der Waals surface area (Å²) < 4.78 is 0. The molecule has 0 saturated heterocycles. The third-order valence-electron chi connectivity index (χ3n) is 5.46. The first-order chi connectivity index (χ1) is 8.69. The van der Waals surface area contributed by atoms with Gasteiger partial charge in [-0.05, 0) is 38.1 Å².